The number of hydrogen-bond acceptors (Lipinski definition) is 8. The van der Waals surface area contributed by atoms with Crippen molar-refractivity contribution in [1.82, 2.24) is 16.0 Å². The van der Waals surface area contributed by atoms with Gasteiger partial charge in [-0.25, -0.2) is 4.79 Å². The van der Waals surface area contributed by atoms with E-state index in [1.165, 1.54) is 25.6 Å². The summed E-state index contributed by atoms with van der Waals surface area (Å²) < 4.78 is 0. The number of carboxylic acid groups (broad SMARTS) is 2. The predicted octanol–water partition coefficient (Wildman–Crippen LogP) is -2.52. The number of carbonyl (C=O) groups is 5. The van der Waals surface area contributed by atoms with E-state index in [1.807, 2.05) is 11.6 Å². The molecule has 0 aromatic carbocycles. The first-order valence-electron chi connectivity index (χ1n) is 8.69. The summed E-state index contributed by atoms with van der Waals surface area (Å²) in [5.74, 6) is -4.85. The van der Waals surface area contributed by atoms with Crippen molar-refractivity contribution in [2.24, 2.45) is 5.73 Å². The number of thioether (sulfide) groups is 1. The standard InChI is InChI=1S/C16H28N4O8S/c1-7(18-14(25)9(17)4-5-29-3)13(24)20-12(8(2)21)15(26)19-10(16(27)28)6-11(22)23/h7-10,12,21H,4-6,17H2,1-3H3,(H,18,25)(H,19,26)(H,20,24)(H,22,23)(H,27,28). The van der Waals surface area contributed by atoms with Gasteiger partial charge in [0.1, 0.15) is 18.1 Å². The van der Waals surface area contributed by atoms with E-state index >= 15 is 0 Å². The molecule has 0 spiro atoms. The van der Waals surface area contributed by atoms with Crippen LogP contribution in [0.1, 0.15) is 26.7 Å². The smallest absolute Gasteiger partial charge is 0.326 e. The highest BCUT2D eigenvalue weighted by molar-refractivity contribution is 7.98. The molecule has 0 aromatic heterocycles. The average Bonchev–Trinajstić information content (AvgIpc) is 2.62. The van der Waals surface area contributed by atoms with Crippen LogP contribution in [0, 0.1) is 0 Å². The molecule has 5 unspecified atom stereocenters. The summed E-state index contributed by atoms with van der Waals surface area (Å²) in [5.41, 5.74) is 5.71. The Morgan fingerprint density at radius 1 is 0.966 bits per heavy atom. The molecule has 0 rings (SSSR count). The molecule has 0 aliphatic heterocycles. The highest BCUT2D eigenvalue weighted by Gasteiger charge is 2.32. The fourth-order valence-electron chi connectivity index (χ4n) is 2.08. The molecule has 3 amide bonds. The molecule has 0 aliphatic carbocycles. The SMILES string of the molecule is CSCCC(N)C(=O)NC(C)C(=O)NC(C(=O)NC(CC(=O)O)C(=O)O)C(C)O. The first-order chi connectivity index (χ1) is 13.4. The van der Waals surface area contributed by atoms with Crippen molar-refractivity contribution in [3.63, 3.8) is 0 Å². The van der Waals surface area contributed by atoms with E-state index in [2.05, 4.69) is 10.6 Å². The van der Waals surface area contributed by atoms with Crippen LogP contribution in [-0.2, 0) is 24.0 Å². The zero-order valence-electron chi connectivity index (χ0n) is 16.4. The maximum atomic E-state index is 12.3. The summed E-state index contributed by atoms with van der Waals surface area (Å²) >= 11 is 1.51. The zero-order chi connectivity index (χ0) is 22.7. The molecular formula is C16H28N4O8S. The summed E-state index contributed by atoms with van der Waals surface area (Å²) in [6.07, 6.45) is -0.0555. The summed E-state index contributed by atoms with van der Waals surface area (Å²) in [5, 5.41) is 34.0. The molecule has 0 bridgehead atoms. The number of rotatable bonds is 13. The summed E-state index contributed by atoms with van der Waals surface area (Å²) in [6.45, 7) is 2.52. The Morgan fingerprint density at radius 2 is 1.55 bits per heavy atom. The average molecular weight is 436 g/mol. The molecule has 166 valence electrons. The number of carboxylic acids is 2. The third kappa shape index (κ3) is 10.1. The van der Waals surface area contributed by atoms with E-state index in [0.717, 1.165) is 0 Å². The van der Waals surface area contributed by atoms with E-state index in [4.69, 9.17) is 15.9 Å². The molecule has 29 heavy (non-hydrogen) atoms. The minimum Gasteiger partial charge on any atom is -0.481 e. The summed E-state index contributed by atoms with van der Waals surface area (Å²) in [6, 6.07) is -5.22. The van der Waals surface area contributed by atoms with Crippen LogP contribution in [0.2, 0.25) is 0 Å². The lowest BCUT2D eigenvalue weighted by molar-refractivity contribution is -0.147. The van der Waals surface area contributed by atoms with Crippen molar-refractivity contribution in [2.45, 2.75) is 57.0 Å². The van der Waals surface area contributed by atoms with Gasteiger partial charge in [-0.1, -0.05) is 0 Å². The van der Waals surface area contributed by atoms with Gasteiger partial charge in [-0.15, -0.1) is 0 Å². The zero-order valence-corrected chi connectivity index (χ0v) is 17.2. The second-order valence-corrected chi connectivity index (χ2v) is 7.33. The molecule has 0 saturated heterocycles. The first-order valence-corrected chi connectivity index (χ1v) is 10.1. The monoisotopic (exact) mass is 436 g/mol. The number of carbonyl (C=O) groups excluding carboxylic acids is 3. The van der Waals surface area contributed by atoms with E-state index in [1.54, 1.807) is 0 Å². The minimum absolute atomic E-state index is 0.403. The Hall–Kier alpha value is -2.38. The molecule has 0 fully saturated rings. The lowest BCUT2D eigenvalue weighted by Crippen LogP contribution is -2.59. The molecular weight excluding hydrogens is 408 g/mol. The van der Waals surface area contributed by atoms with Gasteiger partial charge < -0.3 is 37.0 Å². The maximum Gasteiger partial charge on any atom is 0.326 e. The van der Waals surface area contributed by atoms with Gasteiger partial charge in [0.25, 0.3) is 0 Å². The largest absolute Gasteiger partial charge is 0.481 e. The van der Waals surface area contributed by atoms with Crippen molar-refractivity contribution >= 4 is 41.4 Å². The van der Waals surface area contributed by atoms with Gasteiger partial charge in [0.15, 0.2) is 0 Å². The van der Waals surface area contributed by atoms with Crippen LogP contribution in [0.25, 0.3) is 0 Å². The van der Waals surface area contributed by atoms with Gasteiger partial charge in [-0.3, -0.25) is 19.2 Å². The van der Waals surface area contributed by atoms with Crippen molar-refractivity contribution in [1.29, 1.82) is 0 Å². The van der Waals surface area contributed by atoms with Gasteiger partial charge in [0, 0.05) is 0 Å². The van der Waals surface area contributed by atoms with Crippen molar-refractivity contribution in [3.05, 3.63) is 0 Å². The van der Waals surface area contributed by atoms with Gasteiger partial charge >= 0.3 is 11.9 Å². The third-order valence-corrected chi connectivity index (χ3v) is 4.42. The predicted molar refractivity (Wildman–Crippen MR) is 104 cm³/mol. The van der Waals surface area contributed by atoms with Crippen LogP contribution in [0.15, 0.2) is 0 Å². The normalized spacial score (nSPS) is 15.9. The third-order valence-electron chi connectivity index (χ3n) is 3.78. The molecule has 12 nitrogen and oxygen atoms in total. The highest BCUT2D eigenvalue weighted by atomic mass is 32.2. The van der Waals surface area contributed by atoms with E-state index in [9.17, 15) is 29.1 Å². The van der Waals surface area contributed by atoms with Crippen molar-refractivity contribution in [3.8, 4) is 0 Å². The van der Waals surface area contributed by atoms with Gasteiger partial charge in [0.05, 0.1) is 18.6 Å². The topological polar surface area (TPSA) is 208 Å². The second-order valence-electron chi connectivity index (χ2n) is 6.34. The fraction of sp³-hybridized carbons (Fsp3) is 0.688. The van der Waals surface area contributed by atoms with Crippen LogP contribution in [0.5, 0.6) is 0 Å². The minimum atomic E-state index is -1.75. The number of amides is 3. The Balaban J connectivity index is 4.98. The number of nitrogens with two attached hydrogens (primary N) is 1. The molecule has 0 saturated carbocycles. The Morgan fingerprint density at radius 3 is 2.00 bits per heavy atom. The molecule has 0 radical (unpaired) electrons. The number of aliphatic carboxylic acids is 2. The van der Waals surface area contributed by atoms with E-state index in [-0.39, 0.29) is 0 Å². The Labute approximate surface area is 172 Å². The van der Waals surface area contributed by atoms with Crippen molar-refractivity contribution in [2.75, 3.05) is 12.0 Å². The molecule has 13 heteroatoms. The van der Waals surface area contributed by atoms with E-state index < -0.39 is 66.4 Å². The van der Waals surface area contributed by atoms with Gasteiger partial charge in [0.2, 0.25) is 17.7 Å². The second kappa shape index (κ2) is 13.0. The summed E-state index contributed by atoms with van der Waals surface area (Å²) in [4.78, 5) is 58.2. The highest BCUT2D eigenvalue weighted by Crippen LogP contribution is 2.01. The quantitative estimate of drug-likeness (QED) is 0.161. The van der Waals surface area contributed by atoms with Crippen LogP contribution >= 0.6 is 11.8 Å². The van der Waals surface area contributed by atoms with Gasteiger partial charge in [-0.05, 0) is 32.3 Å². The van der Waals surface area contributed by atoms with Gasteiger partial charge in [-0.2, -0.15) is 11.8 Å². The number of aliphatic hydroxyl groups excluding tert-OH is 1. The molecule has 0 heterocycles. The van der Waals surface area contributed by atoms with Crippen molar-refractivity contribution < 1.29 is 39.3 Å². The lowest BCUT2D eigenvalue weighted by atomic mass is 10.1. The number of hydrogen-bond donors (Lipinski definition) is 7. The lowest BCUT2D eigenvalue weighted by Gasteiger charge is -2.25. The maximum absolute atomic E-state index is 12.3. The first kappa shape index (κ1) is 26.6. The summed E-state index contributed by atoms with van der Waals surface area (Å²) in [7, 11) is 0. The van der Waals surface area contributed by atoms with Crippen LogP contribution in [0.3, 0.4) is 0 Å². The fourth-order valence-corrected chi connectivity index (χ4v) is 2.57. The van der Waals surface area contributed by atoms with Crippen LogP contribution in [-0.4, -0.2) is 87.3 Å². The number of aliphatic hydroxyl groups is 1. The number of nitrogens with one attached hydrogen (secondary N) is 3. The van der Waals surface area contributed by atoms with Crippen LogP contribution < -0.4 is 21.7 Å². The molecule has 0 aliphatic rings. The molecule has 8 N–H and O–H groups in total. The molecule has 5 atom stereocenters. The Kier molecular flexibility index (Phi) is 11.9. The molecule has 0 aromatic rings. The Bertz CT molecular complexity index is 616. The van der Waals surface area contributed by atoms with Crippen LogP contribution in [0.4, 0.5) is 0 Å². The van der Waals surface area contributed by atoms with E-state index in [0.29, 0.717) is 12.2 Å².